The van der Waals surface area contributed by atoms with Crippen LogP contribution in [-0.4, -0.2) is 5.75 Å². The van der Waals surface area contributed by atoms with Crippen molar-refractivity contribution in [2.45, 2.75) is 6.92 Å². The van der Waals surface area contributed by atoms with Crippen LogP contribution in [-0.2, 0) is 0 Å². The Kier molecular flexibility index (Phi) is 1.83. The molecule has 0 saturated carbocycles. The summed E-state index contributed by atoms with van der Waals surface area (Å²) in [6.07, 6.45) is 4.21. The molecule has 0 fully saturated rings. The maximum Gasteiger partial charge on any atom is -0.00938 e. The Labute approximate surface area is 59.2 Å². The molecule has 46 valence electrons. The molecule has 0 amide bonds. The molecule has 0 saturated heterocycles. The summed E-state index contributed by atoms with van der Waals surface area (Å²) >= 11 is 3.65. The van der Waals surface area contributed by atoms with Gasteiger partial charge in [0.25, 0.3) is 0 Å². The van der Waals surface area contributed by atoms with Gasteiger partial charge in [-0.05, 0) is 31.4 Å². The molecule has 2 heteroatoms. The molecule has 0 bridgehead atoms. The molecule has 0 atom stereocenters. The summed E-state index contributed by atoms with van der Waals surface area (Å²) in [5.41, 5.74) is 0. The Bertz CT molecular complexity index is 125. The normalized spacial score (nSPS) is 26.2. The third-order valence-corrected chi connectivity index (χ3v) is 5.94. The van der Waals surface area contributed by atoms with Crippen LogP contribution in [0.15, 0.2) is 23.0 Å². The topological polar surface area (TPSA) is 0 Å². The van der Waals surface area contributed by atoms with Crippen LogP contribution in [0.1, 0.15) is 6.92 Å². The molecule has 1 rings (SSSR count). The predicted octanol–water partition coefficient (Wildman–Crippen LogP) is 3.16. The zero-order valence-electron chi connectivity index (χ0n) is 4.80. The van der Waals surface area contributed by atoms with Gasteiger partial charge in [-0.2, -0.15) is 0 Å². The Morgan fingerprint density at radius 1 is 1.38 bits per heavy atom. The summed E-state index contributed by atoms with van der Waals surface area (Å²) in [6.45, 7) is 2.20. The Morgan fingerprint density at radius 3 is 2.12 bits per heavy atom. The first kappa shape index (κ1) is 6.43. The second-order valence-corrected chi connectivity index (χ2v) is 7.95. The SMILES string of the molecule is CCS1(Br)C=CC=C1. The van der Waals surface area contributed by atoms with Crippen molar-refractivity contribution in [1.29, 1.82) is 0 Å². The lowest BCUT2D eigenvalue weighted by Gasteiger charge is -2.19. The number of hydrogen-bond acceptors (Lipinski definition) is 0. The lowest BCUT2D eigenvalue weighted by atomic mass is 10.6. The van der Waals surface area contributed by atoms with E-state index in [-0.39, 0.29) is 0 Å². The summed E-state index contributed by atoms with van der Waals surface area (Å²) in [5, 5.41) is 4.49. The standard InChI is InChI=1S/C6H9BrS/c1-2-8(7)5-3-4-6-8/h3-6H,2H2,1H3. The molecule has 0 radical (unpaired) electrons. The molecule has 1 aliphatic heterocycles. The van der Waals surface area contributed by atoms with E-state index >= 15 is 0 Å². The van der Waals surface area contributed by atoms with Crippen molar-refractivity contribution in [1.82, 2.24) is 0 Å². The third-order valence-electron chi connectivity index (χ3n) is 1.16. The van der Waals surface area contributed by atoms with Gasteiger partial charge in [-0.25, -0.2) is 0 Å². The van der Waals surface area contributed by atoms with Crippen LogP contribution in [0.3, 0.4) is 0 Å². The predicted molar refractivity (Wildman–Crippen MR) is 45.3 cm³/mol. The molecule has 0 aliphatic carbocycles. The Morgan fingerprint density at radius 2 is 1.88 bits per heavy atom. The van der Waals surface area contributed by atoms with Crippen LogP contribution in [0, 0.1) is 0 Å². The van der Waals surface area contributed by atoms with Crippen LogP contribution in [0.5, 0.6) is 0 Å². The Balaban J connectivity index is 2.69. The van der Waals surface area contributed by atoms with Crippen molar-refractivity contribution >= 4 is 23.3 Å². The van der Waals surface area contributed by atoms with Gasteiger partial charge in [0.05, 0.1) is 0 Å². The van der Waals surface area contributed by atoms with E-state index in [1.807, 2.05) is 0 Å². The summed E-state index contributed by atoms with van der Waals surface area (Å²) < 4.78 is 0. The van der Waals surface area contributed by atoms with Crippen LogP contribution >= 0.6 is 23.3 Å². The van der Waals surface area contributed by atoms with E-state index in [4.69, 9.17) is 0 Å². The molecule has 8 heavy (non-hydrogen) atoms. The zero-order valence-corrected chi connectivity index (χ0v) is 7.21. The number of halogens is 1. The van der Waals surface area contributed by atoms with Gasteiger partial charge in [-0.15, -0.1) is 8.46 Å². The minimum absolute atomic E-state index is 0.590. The summed E-state index contributed by atoms with van der Waals surface area (Å²) in [7, 11) is -0.590. The molecule has 0 aromatic heterocycles. The quantitative estimate of drug-likeness (QED) is 0.600. The summed E-state index contributed by atoms with van der Waals surface area (Å²) in [4.78, 5) is 0. The first-order valence-electron chi connectivity index (χ1n) is 2.62. The maximum absolute atomic E-state index is 3.65. The van der Waals surface area contributed by atoms with Gasteiger partial charge in [-0.1, -0.05) is 19.1 Å². The molecule has 0 unspecified atom stereocenters. The smallest absolute Gasteiger partial charge is 0.00938 e. The average Bonchev–Trinajstić information content (AvgIpc) is 2.17. The second kappa shape index (κ2) is 2.28. The molecule has 1 aliphatic rings. The average molecular weight is 193 g/mol. The largest absolute Gasteiger partial charge is 0.143 e. The van der Waals surface area contributed by atoms with Crippen molar-refractivity contribution in [2.75, 3.05) is 5.75 Å². The lowest BCUT2D eigenvalue weighted by Crippen LogP contribution is -1.79. The van der Waals surface area contributed by atoms with E-state index < -0.39 is 8.46 Å². The fraction of sp³-hybridized carbons (Fsp3) is 0.333. The molecule has 0 spiro atoms. The van der Waals surface area contributed by atoms with Gasteiger partial charge < -0.3 is 0 Å². The van der Waals surface area contributed by atoms with Gasteiger partial charge >= 0.3 is 0 Å². The molecule has 0 N–H and O–H groups in total. The van der Waals surface area contributed by atoms with Crippen molar-refractivity contribution in [2.24, 2.45) is 0 Å². The van der Waals surface area contributed by atoms with E-state index in [0.717, 1.165) is 0 Å². The first-order valence-corrected chi connectivity index (χ1v) is 6.39. The fourth-order valence-corrected chi connectivity index (χ4v) is 2.52. The van der Waals surface area contributed by atoms with Crippen molar-refractivity contribution < 1.29 is 0 Å². The van der Waals surface area contributed by atoms with Gasteiger partial charge in [0.2, 0.25) is 0 Å². The second-order valence-electron chi connectivity index (χ2n) is 1.70. The first-order chi connectivity index (χ1) is 3.77. The van der Waals surface area contributed by atoms with Crippen molar-refractivity contribution in [3.8, 4) is 0 Å². The maximum atomic E-state index is 3.65. The van der Waals surface area contributed by atoms with E-state index in [1.165, 1.54) is 5.75 Å². The van der Waals surface area contributed by atoms with Crippen LogP contribution in [0.25, 0.3) is 0 Å². The minimum Gasteiger partial charge on any atom is -0.143 e. The molecular formula is C6H9BrS. The molecule has 1 heterocycles. The third kappa shape index (κ3) is 1.17. The Hall–Kier alpha value is 0.310. The number of rotatable bonds is 1. The highest BCUT2D eigenvalue weighted by Crippen LogP contribution is 2.60. The van der Waals surface area contributed by atoms with Crippen LogP contribution < -0.4 is 0 Å². The van der Waals surface area contributed by atoms with Crippen molar-refractivity contribution in [3.05, 3.63) is 23.0 Å². The number of hydrogen-bond donors (Lipinski definition) is 0. The highest BCUT2D eigenvalue weighted by Gasteiger charge is 2.11. The molecule has 0 aromatic rings. The monoisotopic (exact) mass is 192 g/mol. The summed E-state index contributed by atoms with van der Waals surface area (Å²) in [5.74, 6) is 1.21. The van der Waals surface area contributed by atoms with E-state index in [1.54, 1.807) is 0 Å². The lowest BCUT2D eigenvalue weighted by molar-refractivity contribution is 1.52. The molecule has 0 nitrogen and oxygen atoms in total. The van der Waals surface area contributed by atoms with Gasteiger partial charge in [0.1, 0.15) is 0 Å². The zero-order chi connectivity index (χ0) is 6.04. The van der Waals surface area contributed by atoms with Gasteiger partial charge in [0, 0.05) is 0 Å². The van der Waals surface area contributed by atoms with E-state index in [2.05, 4.69) is 44.7 Å². The molecule has 0 aromatic carbocycles. The van der Waals surface area contributed by atoms with E-state index in [9.17, 15) is 0 Å². The van der Waals surface area contributed by atoms with Crippen molar-refractivity contribution in [3.63, 3.8) is 0 Å². The highest BCUT2D eigenvalue weighted by atomic mass is 79.9. The summed E-state index contributed by atoms with van der Waals surface area (Å²) in [6, 6.07) is 0. The highest BCUT2D eigenvalue weighted by molar-refractivity contribution is 9.59. The van der Waals surface area contributed by atoms with E-state index in [0.29, 0.717) is 0 Å². The van der Waals surface area contributed by atoms with Crippen LogP contribution in [0.4, 0.5) is 0 Å². The minimum atomic E-state index is -0.590. The van der Waals surface area contributed by atoms with Gasteiger partial charge in [0.15, 0.2) is 0 Å². The molecular weight excluding hydrogens is 184 g/mol. The fourth-order valence-electron chi connectivity index (χ4n) is 0.590. The van der Waals surface area contributed by atoms with Crippen LogP contribution in [0.2, 0.25) is 0 Å². The number of allylic oxidation sites excluding steroid dienone is 2. The van der Waals surface area contributed by atoms with Gasteiger partial charge in [-0.3, -0.25) is 0 Å².